The largest absolute Gasteiger partial charge is 0.507 e. The second kappa shape index (κ2) is 24.0. The summed E-state index contributed by atoms with van der Waals surface area (Å²) in [5, 5.41) is 55.9. The van der Waals surface area contributed by atoms with Gasteiger partial charge in [0.15, 0.2) is 23.0 Å². The van der Waals surface area contributed by atoms with E-state index in [0.29, 0.717) is 63.8 Å². The summed E-state index contributed by atoms with van der Waals surface area (Å²) in [6.45, 7) is 18.3. The van der Waals surface area contributed by atoms with E-state index in [9.17, 15) is 35.4 Å². The van der Waals surface area contributed by atoms with Crippen molar-refractivity contribution in [2.45, 2.75) is 159 Å². The van der Waals surface area contributed by atoms with E-state index in [1.54, 1.807) is 18.7 Å². The molecule has 22 heteroatoms. The Kier molecular flexibility index (Phi) is 18.2. The molecule has 4 aromatic carbocycles. The summed E-state index contributed by atoms with van der Waals surface area (Å²) in [4.78, 5) is 34.6. The van der Waals surface area contributed by atoms with Gasteiger partial charge >= 0.3 is 11.9 Å². The normalized spacial score (nSPS) is 30.4. The summed E-state index contributed by atoms with van der Waals surface area (Å²) in [5.74, 6) is 2.81. The number of fused-ring (bicyclic) bond motifs is 18. The molecule has 4 fully saturated rings. The number of nitriles is 2. The van der Waals surface area contributed by atoms with Gasteiger partial charge in [-0.2, -0.15) is 22.3 Å². The van der Waals surface area contributed by atoms with E-state index in [4.69, 9.17) is 34.2 Å². The van der Waals surface area contributed by atoms with Gasteiger partial charge in [0, 0.05) is 163 Å². The fraction of sp³-hybridized carbons (Fsp3) is 0.541. The molecular weight excluding hydrogens is 1520 g/mol. The minimum Gasteiger partial charge on any atom is -0.507 e. The van der Waals surface area contributed by atoms with E-state index >= 15 is 0 Å². The number of ether oxygens (including phenoxy) is 6. The zero-order valence-electron chi connectivity index (χ0n) is 48.9. The zero-order chi connectivity index (χ0) is 57.5. The third-order valence-corrected chi connectivity index (χ3v) is 22.2. The van der Waals surface area contributed by atoms with E-state index in [-0.39, 0.29) is 185 Å². The molecule has 13 atom stereocenters. The molecule has 2 radical (unpaired) electrons. The van der Waals surface area contributed by atoms with Crippen molar-refractivity contribution in [3.05, 3.63) is 95.6 Å². The molecule has 10 heterocycles. The Bertz CT molecular complexity index is 3430. The number of hydrogen-bond donors (Lipinski definition) is 4. The Labute approximate surface area is 565 Å². The van der Waals surface area contributed by atoms with Gasteiger partial charge in [0.05, 0.1) is 53.2 Å². The predicted molar refractivity (Wildman–Crippen MR) is 304 cm³/mol. The Hall–Kier alpha value is -3.22. The summed E-state index contributed by atoms with van der Waals surface area (Å²) in [7, 11) is 4.17. The molecule has 0 saturated carbocycles. The van der Waals surface area contributed by atoms with Gasteiger partial charge in [-0.3, -0.25) is 29.2 Å². The number of esters is 2. The summed E-state index contributed by atoms with van der Waals surface area (Å²) >= 11 is 3.14. The second-order valence-electron chi connectivity index (χ2n) is 23.0. The van der Waals surface area contributed by atoms with Crippen LogP contribution in [0.4, 0.5) is 0 Å². The fourth-order valence-corrected chi connectivity index (χ4v) is 18.3. The quantitative estimate of drug-likeness (QED) is 0.122. The number of phenols is 3. The number of aryl methyl sites for hydroxylation is 2. The number of benzene rings is 4. The van der Waals surface area contributed by atoms with Gasteiger partial charge < -0.3 is 49.5 Å². The van der Waals surface area contributed by atoms with Gasteiger partial charge in [-0.1, -0.05) is 26.0 Å². The third kappa shape index (κ3) is 9.44. The molecule has 0 spiro atoms. The monoisotopic (exact) mass is 1600 g/mol. The van der Waals surface area contributed by atoms with Gasteiger partial charge in [-0.05, 0) is 120 Å². The van der Waals surface area contributed by atoms with Crippen molar-refractivity contribution in [1.29, 1.82) is 10.5 Å². The van der Waals surface area contributed by atoms with Gasteiger partial charge in [-0.25, -0.2) is 0 Å². The molecule has 0 aliphatic carbocycles. The smallest absolute Gasteiger partial charge is 0.323 e. The van der Waals surface area contributed by atoms with Crippen molar-refractivity contribution in [3.63, 3.8) is 0 Å². The van der Waals surface area contributed by atoms with E-state index in [0.717, 1.165) is 39.8 Å². The number of thioether (sulfide) groups is 2. The number of aromatic hydroxyl groups is 3. The molecule has 2 unspecified atom stereocenters. The predicted octanol–water partition coefficient (Wildman–Crippen LogP) is 7.97. The molecule has 8 bridgehead atoms. The van der Waals surface area contributed by atoms with Gasteiger partial charge in [0.2, 0.25) is 13.6 Å². The molecule has 10 aliphatic rings. The third-order valence-electron chi connectivity index (χ3n) is 19.5. The van der Waals surface area contributed by atoms with Crippen molar-refractivity contribution < 1.29 is 141 Å². The molecule has 4 aromatic rings. The number of cyclic esters (lactones) is 2. The van der Waals surface area contributed by atoms with Crippen LogP contribution in [-0.4, -0.2) is 142 Å². The number of piperazine rings is 2. The van der Waals surface area contributed by atoms with E-state index in [2.05, 4.69) is 71.7 Å². The molecule has 434 valence electrons. The van der Waals surface area contributed by atoms with Gasteiger partial charge in [0.1, 0.15) is 48.6 Å². The number of carbonyl (C=O) groups is 2. The van der Waals surface area contributed by atoms with Crippen LogP contribution in [0.2, 0.25) is 0 Å². The van der Waals surface area contributed by atoms with E-state index in [1.165, 1.54) is 39.6 Å². The fourth-order valence-electron chi connectivity index (χ4n) is 15.4. The number of hydrogen-bond acceptors (Lipinski definition) is 20. The van der Waals surface area contributed by atoms with Crippen LogP contribution in [0.3, 0.4) is 0 Å². The van der Waals surface area contributed by atoms with Crippen molar-refractivity contribution in [2.24, 2.45) is 5.73 Å². The Balaban J connectivity index is 0.000000176. The summed E-state index contributed by atoms with van der Waals surface area (Å²) in [6, 6.07) is 5.89. The van der Waals surface area contributed by atoms with Crippen LogP contribution in [0, 0.1) is 159 Å². The van der Waals surface area contributed by atoms with Crippen molar-refractivity contribution in [1.82, 2.24) is 19.6 Å². The van der Waals surface area contributed by atoms with Crippen LogP contribution >= 0.6 is 23.5 Å². The Morgan fingerprint density at radius 2 is 1.02 bits per heavy atom. The number of rotatable bonds is 0. The second-order valence-corrected chi connectivity index (χ2v) is 25.4. The molecule has 83 heavy (non-hydrogen) atoms. The number of nitrogens with zero attached hydrogens (tertiary/aromatic N) is 6. The molecule has 10 aliphatic heterocycles. The van der Waals surface area contributed by atoms with Crippen LogP contribution in [0.1, 0.15) is 138 Å². The molecule has 0 aromatic heterocycles. The minimum atomic E-state index is -0.837. The average molecular weight is 1600 g/mol. The first-order valence-corrected chi connectivity index (χ1v) is 30.3. The van der Waals surface area contributed by atoms with E-state index in [1.807, 2.05) is 41.7 Å². The maximum Gasteiger partial charge on any atom is 0.323 e. The van der Waals surface area contributed by atoms with Gasteiger partial charge in [0.25, 0.3) is 0 Å². The van der Waals surface area contributed by atoms with Crippen molar-refractivity contribution >= 4 is 35.5 Å². The van der Waals surface area contributed by atoms with E-state index < -0.39 is 41.4 Å². The van der Waals surface area contributed by atoms with Crippen molar-refractivity contribution in [3.8, 4) is 52.4 Å². The number of phenolic OH excluding ortho intramolecular Hbond substituents is 3. The molecule has 4 saturated heterocycles. The minimum absolute atomic E-state index is 0. The van der Waals surface area contributed by atoms with Crippen LogP contribution in [0.15, 0.2) is 12.1 Å². The zero-order valence-corrected chi connectivity index (χ0v) is 60.0. The van der Waals surface area contributed by atoms with Crippen LogP contribution in [-0.2, 0) is 31.9 Å². The van der Waals surface area contributed by atoms with Crippen LogP contribution in [0.25, 0.3) is 0 Å². The number of carbonyl (C=O) groups excluding carboxylic acids is 2. The molecular formula is C61H71Ac2N7O11S2. The maximum absolute atomic E-state index is 12.8. The van der Waals surface area contributed by atoms with Crippen LogP contribution in [0.5, 0.6) is 40.2 Å². The topological polar surface area (TPSA) is 237 Å². The molecule has 14 rings (SSSR count). The Morgan fingerprint density at radius 1 is 0.578 bits per heavy atom. The Morgan fingerprint density at radius 3 is 1.54 bits per heavy atom. The standard InChI is InChI=1S/C30H33N3O5S.C29H32N4O6S.C2H6.2Ac/c1-13-8-17-9-18-19(10-31)33-20-11-36-21(34)6-7-39-30(26(33)25(32(18)5)22(17)15(3)14(13)2)24-23(20)29-28(37-12-38-29)16(4)27(24)35;1-11-5-14-6-16-17(7-30)33-18-8-37-29(36)15(31)9-40-28(23(33)22(32(16)4)19(14)24(34)12(11)2)21-20(18)27-26(38-10-39-27)13(3)25(21)35;1-2;;/h8,18-20,25-26,30,35H,6-7,9,11-12H2,1-5H3;5,15-18,22-23,28,34-35H,6,8-10,31H2,1-4H3;1-2H3;;/t18-,19-,20-,25+,26?,30+;15-,16-,17-,18-,22+,23?,28+;;;/m00.../s1. The SMILES string of the molecule is CC.Cc1cc2c(c(C)c1C)[C@@H]1C3[C@@H]4SCCC(=O)OC[C@@H](c5c6c(c(C)c(O)c54)OCO6)N3[C@@H](C#N)[C@H](C2)N1C.Cc1cc2c(c(O)c1C)[C@@H]1C3[C@@H]4SC[C@H](N)C(=O)OC[C@@H](c5c6c(c(C)c(O)c54)OCO6)N3[C@@H](C#N)[C@H](C2)N1C.[Ac].[Ac]. The number of nitrogens with two attached hydrogens (primary N) is 1. The first-order chi connectivity index (χ1) is 38.9. The maximum atomic E-state index is 12.8. The summed E-state index contributed by atoms with van der Waals surface area (Å²) in [5.41, 5.74) is 20.8. The first kappa shape index (κ1) is 62.8. The van der Waals surface area contributed by atoms with Crippen LogP contribution < -0.4 is 24.7 Å². The average Bonchev–Trinajstić information content (AvgIpc) is 3.15. The summed E-state index contributed by atoms with van der Waals surface area (Å²) in [6.07, 6.45) is 1.68. The van der Waals surface area contributed by atoms with Gasteiger partial charge in [-0.15, -0.1) is 11.8 Å². The number of likely N-dealkylation sites (N-methyl/N-ethyl adjacent to an activating group) is 2. The molecule has 0 amide bonds. The van der Waals surface area contributed by atoms with Crippen molar-refractivity contribution in [2.75, 3.05) is 52.4 Å². The molecule has 5 N–H and O–H groups in total. The summed E-state index contributed by atoms with van der Waals surface area (Å²) < 4.78 is 35.3. The first-order valence-electron chi connectivity index (χ1n) is 28.2. The molecule has 18 nitrogen and oxygen atoms in total.